The highest BCUT2D eigenvalue weighted by atomic mass is 16.5. The summed E-state index contributed by atoms with van der Waals surface area (Å²) in [4.78, 5) is 30.4. The van der Waals surface area contributed by atoms with Gasteiger partial charge in [0.15, 0.2) is 0 Å². The minimum atomic E-state index is -0.383. The molecule has 6 heteroatoms. The summed E-state index contributed by atoms with van der Waals surface area (Å²) < 4.78 is 6.72. The van der Waals surface area contributed by atoms with Gasteiger partial charge >= 0.3 is 0 Å². The molecular weight excluding hydrogens is 390 g/mol. The van der Waals surface area contributed by atoms with Crippen molar-refractivity contribution in [1.82, 2.24) is 14.9 Å². The Balaban J connectivity index is 1.57. The maximum absolute atomic E-state index is 13.2. The number of nitrogens with zero attached hydrogens (tertiary/aromatic N) is 2. The maximum Gasteiger partial charge on any atom is 0.265 e. The van der Waals surface area contributed by atoms with Gasteiger partial charge in [-0.2, -0.15) is 0 Å². The zero-order valence-corrected chi connectivity index (χ0v) is 17.2. The minimum Gasteiger partial charge on any atom is -0.497 e. The third-order valence-corrected chi connectivity index (χ3v) is 5.13. The van der Waals surface area contributed by atoms with Crippen LogP contribution in [0.2, 0.25) is 0 Å². The number of pyridine rings is 2. The Bertz CT molecular complexity index is 1250. The van der Waals surface area contributed by atoms with Crippen LogP contribution in [0.1, 0.15) is 21.5 Å². The summed E-state index contributed by atoms with van der Waals surface area (Å²) in [6.45, 7) is 0.772. The predicted octanol–water partition coefficient (Wildman–Crippen LogP) is 3.43. The Kier molecular flexibility index (Phi) is 6.08. The van der Waals surface area contributed by atoms with Crippen LogP contribution in [0, 0.1) is 0 Å². The molecule has 156 valence electrons. The number of nitrogens with one attached hydrogen (secondary N) is 1. The highest BCUT2D eigenvalue weighted by Crippen LogP contribution is 2.14. The van der Waals surface area contributed by atoms with Crippen molar-refractivity contribution in [2.24, 2.45) is 0 Å². The smallest absolute Gasteiger partial charge is 0.265 e. The van der Waals surface area contributed by atoms with E-state index in [4.69, 9.17) is 4.74 Å². The van der Waals surface area contributed by atoms with Gasteiger partial charge in [0.2, 0.25) is 0 Å². The lowest BCUT2D eigenvalue weighted by Crippen LogP contribution is -2.34. The summed E-state index contributed by atoms with van der Waals surface area (Å²) in [6, 6.07) is 22.6. The van der Waals surface area contributed by atoms with E-state index in [0.29, 0.717) is 25.2 Å². The summed E-state index contributed by atoms with van der Waals surface area (Å²) >= 11 is 0. The molecule has 0 aliphatic heterocycles. The second kappa shape index (κ2) is 9.26. The molecule has 4 rings (SSSR count). The molecule has 1 amide bonds. The average Bonchev–Trinajstić information content (AvgIpc) is 2.81. The zero-order chi connectivity index (χ0) is 21.6. The number of ether oxygens (including phenoxy) is 1. The Labute approximate surface area is 180 Å². The number of rotatable bonds is 7. The lowest BCUT2D eigenvalue weighted by Gasteiger charge is -2.12. The number of amides is 1. The van der Waals surface area contributed by atoms with Crippen molar-refractivity contribution in [2.45, 2.75) is 13.0 Å². The van der Waals surface area contributed by atoms with Gasteiger partial charge in [0.25, 0.3) is 11.5 Å². The van der Waals surface area contributed by atoms with Gasteiger partial charge in [0.1, 0.15) is 17.0 Å². The second-order valence-corrected chi connectivity index (χ2v) is 7.21. The maximum atomic E-state index is 13.2. The molecule has 0 aliphatic carbocycles. The lowest BCUT2D eigenvalue weighted by molar-refractivity contribution is 0.0952. The summed E-state index contributed by atoms with van der Waals surface area (Å²) in [5, 5.41) is 3.62. The first-order valence-corrected chi connectivity index (χ1v) is 10.1. The molecular formula is C25H23N3O3. The van der Waals surface area contributed by atoms with E-state index in [0.717, 1.165) is 22.3 Å². The Morgan fingerprint density at radius 1 is 1.00 bits per heavy atom. The first-order valence-electron chi connectivity index (χ1n) is 10.1. The fourth-order valence-electron chi connectivity index (χ4n) is 3.49. The van der Waals surface area contributed by atoms with E-state index >= 15 is 0 Å². The Hall–Kier alpha value is -3.93. The molecule has 0 spiro atoms. The number of aromatic nitrogens is 2. The molecule has 0 radical (unpaired) electrons. The van der Waals surface area contributed by atoms with E-state index in [-0.39, 0.29) is 17.0 Å². The van der Waals surface area contributed by atoms with Crippen molar-refractivity contribution in [3.63, 3.8) is 0 Å². The first kappa shape index (κ1) is 20.3. The zero-order valence-electron chi connectivity index (χ0n) is 17.2. The first-order chi connectivity index (χ1) is 15.2. The summed E-state index contributed by atoms with van der Waals surface area (Å²) in [5.41, 5.74) is 2.37. The molecule has 2 heterocycles. The number of carbonyl (C=O) groups is 1. The Morgan fingerprint density at radius 3 is 2.52 bits per heavy atom. The highest BCUT2D eigenvalue weighted by Gasteiger charge is 2.16. The van der Waals surface area contributed by atoms with E-state index in [1.807, 2.05) is 60.7 Å². The summed E-state index contributed by atoms with van der Waals surface area (Å²) in [5.74, 6) is 0.405. The molecule has 0 unspecified atom stereocenters. The van der Waals surface area contributed by atoms with Crippen LogP contribution < -0.4 is 15.6 Å². The molecule has 0 saturated heterocycles. The van der Waals surface area contributed by atoms with Crippen LogP contribution >= 0.6 is 0 Å². The third kappa shape index (κ3) is 4.64. The standard InChI is InChI=1S/C25H23N3O3/c1-31-21-11-9-18(10-12-21)13-15-27-24(29)22-16-20-8-5-14-26-23(20)28(25(22)30)17-19-6-3-2-4-7-19/h2-12,14,16H,13,15,17H2,1H3,(H,27,29). The molecule has 6 nitrogen and oxygen atoms in total. The Morgan fingerprint density at radius 2 is 1.77 bits per heavy atom. The third-order valence-electron chi connectivity index (χ3n) is 5.13. The monoisotopic (exact) mass is 413 g/mol. The topological polar surface area (TPSA) is 73.2 Å². The van der Waals surface area contributed by atoms with E-state index in [1.165, 1.54) is 0 Å². The normalized spacial score (nSPS) is 10.7. The van der Waals surface area contributed by atoms with Crippen LogP contribution in [-0.2, 0) is 13.0 Å². The van der Waals surface area contributed by atoms with Crippen LogP contribution in [0.5, 0.6) is 5.75 Å². The molecule has 0 bridgehead atoms. The van der Waals surface area contributed by atoms with Crippen LogP contribution in [0.25, 0.3) is 11.0 Å². The van der Waals surface area contributed by atoms with Crippen molar-refractivity contribution in [3.05, 3.63) is 106 Å². The average molecular weight is 413 g/mol. The van der Waals surface area contributed by atoms with E-state index in [1.54, 1.807) is 30.0 Å². The van der Waals surface area contributed by atoms with Crippen molar-refractivity contribution in [2.75, 3.05) is 13.7 Å². The van der Waals surface area contributed by atoms with E-state index in [9.17, 15) is 9.59 Å². The number of hydrogen-bond donors (Lipinski definition) is 1. The number of carbonyl (C=O) groups excluding carboxylic acids is 1. The summed E-state index contributed by atoms with van der Waals surface area (Å²) in [6.07, 6.45) is 2.31. The van der Waals surface area contributed by atoms with E-state index < -0.39 is 0 Å². The van der Waals surface area contributed by atoms with E-state index in [2.05, 4.69) is 10.3 Å². The SMILES string of the molecule is COc1ccc(CCNC(=O)c2cc3cccnc3n(Cc3ccccc3)c2=O)cc1. The molecule has 2 aromatic heterocycles. The molecule has 4 aromatic rings. The van der Waals surface area contributed by atoms with Crippen LogP contribution in [0.4, 0.5) is 0 Å². The lowest BCUT2D eigenvalue weighted by atomic mass is 10.1. The molecule has 2 aromatic carbocycles. The number of fused-ring (bicyclic) bond motifs is 1. The van der Waals surface area contributed by atoms with Crippen molar-refractivity contribution < 1.29 is 9.53 Å². The molecule has 0 atom stereocenters. The van der Waals surface area contributed by atoms with Gasteiger partial charge in [-0.15, -0.1) is 0 Å². The van der Waals surface area contributed by atoms with Gasteiger partial charge in [0.05, 0.1) is 13.7 Å². The number of methoxy groups -OCH3 is 1. The highest BCUT2D eigenvalue weighted by molar-refractivity contribution is 5.96. The van der Waals surface area contributed by atoms with Gasteiger partial charge in [-0.3, -0.25) is 14.2 Å². The largest absolute Gasteiger partial charge is 0.497 e. The van der Waals surface area contributed by atoms with Gasteiger partial charge in [-0.1, -0.05) is 42.5 Å². The van der Waals surface area contributed by atoms with Gasteiger partial charge in [-0.25, -0.2) is 4.98 Å². The molecule has 0 aliphatic rings. The fraction of sp³-hybridized carbons (Fsp3) is 0.160. The number of benzene rings is 2. The predicted molar refractivity (Wildman–Crippen MR) is 121 cm³/mol. The molecule has 0 fully saturated rings. The van der Waals surface area contributed by atoms with Crippen molar-refractivity contribution in [1.29, 1.82) is 0 Å². The summed E-state index contributed by atoms with van der Waals surface area (Å²) in [7, 11) is 1.62. The van der Waals surface area contributed by atoms with Crippen molar-refractivity contribution >= 4 is 16.9 Å². The van der Waals surface area contributed by atoms with Gasteiger partial charge in [0, 0.05) is 18.1 Å². The molecule has 0 saturated carbocycles. The second-order valence-electron chi connectivity index (χ2n) is 7.21. The quantitative estimate of drug-likeness (QED) is 0.504. The molecule has 31 heavy (non-hydrogen) atoms. The van der Waals surface area contributed by atoms with Crippen LogP contribution in [0.3, 0.4) is 0 Å². The fourth-order valence-corrected chi connectivity index (χ4v) is 3.49. The van der Waals surface area contributed by atoms with Crippen LogP contribution in [0.15, 0.2) is 83.8 Å². The van der Waals surface area contributed by atoms with Gasteiger partial charge < -0.3 is 10.1 Å². The minimum absolute atomic E-state index is 0.117. The molecule has 1 N–H and O–H groups in total. The number of hydrogen-bond acceptors (Lipinski definition) is 4. The van der Waals surface area contributed by atoms with Crippen LogP contribution in [-0.4, -0.2) is 29.1 Å². The van der Waals surface area contributed by atoms with Gasteiger partial charge in [-0.05, 0) is 47.9 Å². The van der Waals surface area contributed by atoms with Crippen molar-refractivity contribution in [3.8, 4) is 5.75 Å².